The minimum atomic E-state index is -4.39. The number of benzene rings is 4. The quantitative estimate of drug-likeness (QED) is 0.0212. The number of pyridine rings is 2. The first-order valence-electron chi connectivity index (χ1n) is 31.7. The number of aromatic nitrogens is 2. The van der Waals surface area contributed by atoms with Crippen LogP contribution in [0.25, 0.3) is 22.5 Å². The normalized spacial score (nSPS) is 11.7. The lowest BCUT2D eigenvalue weighted by atomic mass is 10.1. The molecule has 2 heterocycles. The molecule has 0 aliphatic heterocycles. The zero-order valence-corrected chi connectivity index (χ0v) is 56.9. The lowest BCUT2D eigenvalue weighted by Crippen LogP contribution is -2.15. The van der Waals surface area contributed by atoms with E-state index < -0.39 is 33.6 Å². The maximum Gasteiger partial charge on any atom is 0.416 e. The second kappa shape index (κ2) is 52.6. The maximum atomic E-state index is 12.8. The topological polar surface area (TPSA) is 246 Å². The Bertz CT molecular complexity index is 3070. The summed E-state index contributed by atoms with van der Waals surface area (Å²) in [6, 6.07) is 34.3. The van der Waals surface area contributed by atoms with Crippen LogP contribution in [0.1, 0.15) is 22.5 Å². The predicted octanol–water partition coefficient (Wildman–Crippen LogP) is 10.6. The molecule has 552 valence electrons. The molecule has 30 heteroatoms. The molecule has 0 unspecified atom stereocenters. The van der Waals surface area contributed by atoms with E-state index >= 15 is 0 Å². The standard InChI is InChI=1S/C34H44F3NO9.C19H14F3NO2.C16H34O10S/c1-39-13-14-40-15-16-41-17-18-42-19-20-43-21-22-44-23-24-45-25-26-46-27-30-3-2-4-33(38-30)28-5-9-31(10-6-28)47-32-11-7-29(8-12-32)34(35,36)37;20-19(21,22)14-6-10-17(11-7-14)25-16-8-4-13(5-9-16)18-3-1-2-15(12-24)23-18;1-19-3-4-20-5-6-21-7-8-22-9-10-23-11-12-24-13-14-25-15-16-26-27(2,17)18/h2-12H,13-27H2,1H3;1-11,24H,12H2;3-16H2,1-2H3. The van der Waals surface area contributed by atoms with Gasteiger partial charge in [-0.15, -0.1) is 0 Å². The van der Waals surface area contributed by atoms with Gasteiger partial charge in [0.25, 0.3) is 10.1 Å². The van der Waals surface area contributed by atoms with Gasteiger partial charge in [-0.05, 0) is 121 Å². The minimum absolute atomic E-state index is 0.00908. The summed E-state index contributed by atoms with van der Waals surface area (Å²) >= 11 is 0. The van der Waals surface area contributed by atoms with Crippen molar-refractivity contribution in [3.05, 3.63) is 156 Å². The van der Waals surface area contributed by atoms with Crippen molar-refractivity contribution in [3.8, 4) is 45.5 Å². The highest BCUT2D eigenvalue weighted by molar-refractivity contribution is 7.86. The molecule has 0 amide bonds. The predicted molar refractivity (Wildman–Crippen MR) is 352 cm³/mol. The van der Waals surface area contributed by atoms with Gasteiger partial charge in [-0.25, -0.2) is 0 Å². The van der Waals surface area contributed by atoms with Crippen molar-refractivity contribution in [2.24, 2.45) is 0 Å². The Kier molecular flexibility index (Phi) is 45.2. The van der Waals surface area contributed by atoms with Crippen molar-refractivity contribution < 1.29 is 125 Å². The molecule has 6 rings (SSSR count). The molecule has 4 aromatic carbocycles. The molecule has 99 heavy (non-hydrogen) atoms. The number of nitrogens with zero attached hydrogens (tertiary/aromatic N) is 2. The molecule has 0 saturated heterocycles. The van der Waals surface area contributed by atoms with Gasteiger partial charge in [0.05, 0.1) is 238 Å². The van der Waals surface area contributed by atoms with Crippen molar-refractivity contribution >= 4 is 10.1 Å². The first-order valence-corrected chi connectivity index (χ1v) is 33.6. The molecule has 2 aromatic heterocycles. The summed E-state index contributed by atoms with van der Waals surface area (Å²) < 4.78 is 193. The average Bonchev–Trinajstić information content (AvgIpc) is 0.920. The Balaban J connectivity index is 0.000000340. The number of halogens is 6. The Morgan fingerprint density at radius 1 is 0.333 bits per heavy atom. The number of hydrogen-bond donors (Lipinski definition) is 1. The molecule has 0 bridgehead atoms. The van der Waals surface area contributed by atoms with E-state index in [0.29, 0.717) is 213 Å². The molecule has 0 radical (unpaired) electrons. The fraction of sp³-hybridized carbons (Fsp3) is 0.507. The third-order valence-corrected chi connectivity index (χ3v) is 13.2. The highest BCUT2D eigenvalue weighted by Gasteiger charge is 2.31. The largest absolute Gasteiger partial charge is 0.457 e. The fourth-order valence-corrected chi connectivity index (χ4v) is 8.13. The lowest BCUT2D eigenvalue weighted by Gasteiger charge is -2.10. The molecule has 1 N–H and O–H groups in total. The second-order valence-corrected chi connectivity index (χ2v) is 22.0. The van der Waals surface area contributed by atoms with E-state index in [2.05, 4.69) is 14.2 Å². The number of aliphatic hydroxyl groups excluding tert-OH is 1. The Labute approximate surface area is 575 Å². The lowest BCUT2D eigenvalue weighted by molar-refractivity contribution is -0.138. The molecule has 0 aliphatic carbocycles. The Hall–Kier alpha value is -6.37. The zero-order valence-electron chi connectivity index (χ0n) is 56.1. The van der Waals surface area contributed by atoms with Crippen LogP contribution in [0, 0.1) is 0 Å². The Morgan fingerprint density at radius 3 is 0.859 bits per heavy atom. The summed E-state index contributed by atoms with van der Waals surface area (Å²) in [5.74, 6) is 1.64. The minimum Gasteiger partial charge on any atom is -0.457 e. The van der Waals surface area contributed by atoms with Crippen LogP contribution in [0.3, 0.4) is 0 Å². The van der Waals surface area contributed by atoms with Crippen molar-refractivity contribution in [2.75, 3.05) is 205 Å². The molecule has 23 nitrogen and oxygen atoms in total. The third kappa shape index (κ3) is 42.5. The smallest absolute Gasteiger partial charge is 0.416 e. The van der Waals surface area contributed by atoms with E-state index in [0.717, 1.165) is 53.0 Å². The summed E-state index contributed by atoms with van der Waals surface area (Å²) in [5.41, 5.74) is 3.09. The van der Waals surface area contributed by atoms with Gasteiger partial charge in [-0.2, -0.15) is 34.8 Å². The van der Waals surface area contributed by atoms with Crippen LogP contribution in [-0.2, 0) is 111 Å². The van der Waals surface area contributed by atoms with E-state index in [1.807, 2.05) is 36.4 Å². The molecule has 0 saturated carbocycles. The van der Waals surface area contributed by atoms with Crippen LogP contribution in [-0.4, -0.2) is 229 Å². The first-order chi connectivity index (χ1) is 48.0. The van der Waals surface area contributed by atoms with Crippen molar-refractivity contribution in [2.45, 2.75) is 25.6 Å². The molecular weight excluding hydrogens is 1340 g/mol. The van der Waals surface area contributed by atoms with Crippen molar-refractivity contribution in [1.82, 2.24) is 9.97 Å². The van der Waals surface area contributed by atoms with Gasteiger partial charge in [0, 0.05) is 25.3 Å². The summed E-state index contributed by atoms with van der Waals surface area (Å²) in [7, 11) is -0.134. The molecule has 0 atom stereocenters. The van der Waals surface area contributed by atoms with Crippen LogP contribution in [0.2, 0.25) is 0 Å². The van der Waals surface area contributed by atoms with Gasteiger partial charge in [0.15, 0.2) is 0 Å². The molecule has 0 aliphatic rings. The number of rotatable bonds is 52. The van der Waals surface area contributed by atoms with Crippen LogP contribution in [0.4, 0.5) is 26.3 Å². The molecule has 0 fully saturated rings. The zero-order chi connectivity index (χ0) is 71.3. The highest BCUT2D eigenvalue weighted by atomic mass is 32.2. The monoisotopic (exact) mass is 1430 g/mol. The van der Waals surface area contributed by atoms with Crippen molar-refractivity contribution in [1.29, 1.82) is 0 Å². The van der Waals surface area contributed by atoms with Crippen LogP contribution >= 0.6 is 0 Å². The number of methoxy groups -OCH3 is 2. The van der Waals surface area contributed by atoms with Gasteiger partial charge in [0.1, 0.15) is 23.0 Å². The van der Waals surface area contributed by atoms with Crippen LogP contribution < -0.4 is 9.47 Å². The first kappa shape index (κ1) is 85.0. The van der Waals surface area contributed by atoms with Gasteiger partial charge >= 0.3 is 12.4 Å². The van der Waals surface area contributed by atoms with Crippen LogP contribution in [0.15, 0.2) is 133 Å². The van der Waals surface area contributed by atoms with E-state index in [4.69, 9.17) is 85.6 Å². The summed E-state index contributed by atoms with van der Waals surface area (Å²) in [4.78, 5) is 8.96. The van der Waals surface area contributed by atoms with E-state index in [1.165, 1.54) is 24.3 Å². The average molecular weight is 1430 g/mol. The van der Waals surface area contributed by atoms with Gasteiger partial charge in [-0.3, -0.25) is 14.2 Å². The van der Waals surface area contributed by atoms with Crippen molar-refractivity contribution in [3.63, 3.8) is 0 Å². The molecule has 0 spiro atoms. The van der Waals surface area contributed by atoms with E-state index in [9.17, 15) is 34.8 Å². The third-order valence-electron chi connectivity index (χ3n) is 12.6. The highest BCUT2D eigenvalue weighted by Crippen LogP contribution is 2.34. The SMILES string of the molecule is COCCOCCOCCOCCOCCOCCOCCOCc1cccc(-c2ccc(Oc3ccc(C(F)(F)F)cc3)cc2)n1.COCCOCCOCCOCCOCCOCCOCCOS(C)(=O)=O.OCc1cccc(-c2ccc(Oc3ccc(C(F)(F)F)cc3)cc2)n1. The van der Waals surface area contributed by atoms with E-state index in [-0.39, 0.29) is 19.8 Å². The van der Waals surface area contributed by atoms with Gasteiger partial charge < -0.3 is 85.6 Å². The Morgan fingerprint density at radius 2 is 0.586 bits per heavy atom. The number of ether oxygens (including phenoxy) is 17. The molecule has 6 aromatic rings. The summed E-state index contributed by atoms with van der Waals surface area (Å²) in [5, 5.41) is 9.13. The summed E-state index contributed by atoms with van der Waals surface area (Å²) in [6.07, 6.45) is -7.75. The summed E-state index contributed by atoms with van der Waals surface area (Å²) in [6.45, 7) is 13.3. The van der Waals surface area contributed by atoms with Gasteiger partial charge in [0.2, 0.25) is 0 Å². The van der Waals surface area contributed by atoms with E-state index in [1.54, 1.807) is 62.8 Å². The number of hydrogen-bond acceptors (Lipinski definition) is 23. The number of aliphatic hydroxyl groups is 1. The fourth-order valence-electron chi connectivity index (χ4n) is 7.76. The maximum absolute atomic E-state index is 12.8. The second-order valence-electron chi connectivity index (χ2n) is 20.4. The van der Waals surface area contributed by atoms with Crippen LogP contribution in [0.5, 0.6) is 23.0 Å². The number of alkyl halides is 6. The van der Waals surface area contributed by atoms with Gasteiger partial charge in [-0.1, -0.05) is 12.1 Å². The molecular formula is C69H92F6N2O21S.